The zero-order valence-corrected chi connectivity index (χ0v) is 11.1. The summed E-state index contributed by atoms with van der Waals surface area (Å²) in [4.78, 5) is 13.2. The molecule has 0 aromatic carbocycles. The van der Waals surface area contributed by atoms with Crippen LogP contribution in [0, 0.1) is 6.92 Å². The van der Waals surface area contributed by atoms with E-state index < -0.39 is 0 Å². The predicted molar refractivity (Wildman–Crippen MR) is 72.1 cm³/mol. The van der Waals surface area contributed by atoms with Gasteiger partial charge in [-0.2, -0.15) is 0 Å². The molecule has 2 heterocycles. The van der Waals surface area contributed by atoms with Crippen molar-refractivity contribution in [3.8, 4) is 0 Å². The van der Waals surface area contributed by atoms with Crippen molar-refractivity contribution in [2.75, 3.05) is 56.2 Å². The van der Waals surface area contributed by atoms with E-state index in [2.05, 4.69) is 19.8 Å². The van der Waals surface area contributed by atoms with E-state index >= 15 is 0 Å². The van der Waals surface area contributed by atoms with Gasteiger partial charge >= 0.3 is 0 Å². The van der Waals surface area contributed by atoms with Crippen molar-refractivity contribution in [1.29, 1.82) is 0 Å². The molecule has 0 aliphatic carbocycles. The lowest BCUT2D eigenvalue weighted by molar-refractivity contribution is 0.122. The van der Waals surface area contributed by atoms with E-state index in [0.717, 1.165) is 50.3 Å². The Labute approximate surface area is 108 Å². The summed E-state index contributed by atoms with van der Waals surface area (Å²) in [5.74, 6) is 2.69. The molecule has 0 amide bonds. The molecule has 0 saturated carbocycles. The van der Waals surface area contributed by atoms with Gasteiger partial charge in [-0.1, -0.05) is 0 Å². The van der Waals surface area contributed by atoms with E-state index in [9.17, 15) is 0 Å². The molecule has 1 aromatic rings. The van der Waals surface area contributed by atoms with Gasteiger partial charge in [-0.05, 0) is 6.92 Å². The first-order chi connectivity index (χ1) is 8.70. The number of nitrogens with two attached hydrogens (primary N) is 1. The third-order valence-corrected chi connectivity index (χ3v) is 3.00. The Hall–Kier alpha value is -1.40. The number of anilines is 2. The third kappa shape index (κ3) is 3.08. The molecular formula is C12H21N5O. The molecule has 0 bridgehead atoms. The van der Waals surface area contributed by atoms with E-state index in [-0.39, 0.29) is 0 Å². The smallest absolute Gasteiger partial charge is 0.134 e. The Morgan fingerprint density at radius 1 is 1.39 bits per heavy atom. The van der Waals surface area contributed by atoms with Crippen LogP contribution in [0.4, 0.5) is 11.6 Å². The first-order valence-electron chi connectivity index (χ1n) is 6.30. The van der Waals surface area contributed by atoms with Crippen LogP contribution in [0.15, 0.2) is 6.07 Å². The predicted octanol–water partition coefficient (Wildman–Crippen LogP) is 0.0165. The number of morpholine rings is 1. The summed E-state index contributed by atoms with van der Waals surface area (Å²) in [6.07, 6.45) is 0. The summed E-state index contributed by atoms with van der Waals surface area (Å²) in [6.45, 7) is 6.62. The molecule has 0 spiro atoms. The summed E-state index contributed by atoms with van der Waals surface area (Å²) in [7, 11) is 2.00. The molecule has 100 valence electrons. The van der Waals surface area contributed by atoms with E-state index in [1.165, 1.54) is 0 Å². The van der Waals surface area contributed by atoms with Crippen LogP contribution in [0.2, 0.25) is 0 Å². The SMILES string of the molecule is Cc1nc(N(C)CCN)cc(N2CCOCC2)n1. The minimum Gasteiger partial charge on any atom is -0.378 e. The molecule has 0 radical (unpaired) electrons. The number of aryl methyl sites for hydroxylation is 1. The number of likely N-dealkylation sites (N-methyl/N-ethyl adjacent to an activating group) is 1. The molecule has 0 unspecified atom stereocenters. The number of nitrogens with zero attached hydrogens (tertiary/aromatic N) is 4. The van der Waals surface area contributed by atoms with Crippen molar-refractivity contribution in [1.82, 2.24) is 9.97 Å². The van der Waals surface area contributed by atoms with Crippen LogP contribution in [0.3, 0.4) is 0 Å². The van der Waals surface area contributed by atoms with E-state index in [0.29, 0.717) is 6.54 Å². The van der Waals surface area contributed by atoms with Gasteiger partial charge in [0.15, 0.2) is 0 Å². The minimum absolute atomic E-state index is 0.617. The minimum atomic E-state index is 0.617. The lowest BCUT2D eigenvalue weighted by atomic mass is 10.3. The quantitative estimate of drug-likeness (QED) is 0.813. The molecule has 6 nitrogen and oxygen atoms in total. The Kier molecular flexibility index (Phi) is 4.33. The second-order valence-electron chi connectivity index (χ2n) is 4.44. The van der Waals surface area contributed by atoms with Gasteiger partial charge in [0, 0.05) is 39.3 Å². The van der Waals surface area contributed by atoms with Crippen LogP contribution in [0.1, 0.15) is 5.82 Å². The molecule has 1 aliphatic heterocycles. The van der Waals surface area contributed by atoms with Gasteiger partial charge < -0.3 is 20.3 Å². The van der Waals surface area contributed by atoms with E-state index in [1.54, 1.807) is 0 Å². The molecule has 0 atom stereocenters. The molecule has 2 rings (SSSR count). The van der Waals surface area contributed by atoms with Crippen LogP contribution in [-0.4, -0.2) is 56.4 Å². The van der Waals surface area contributed by atoms with Crippen LogP contribution >= 0.6 is 0 Å². The van der Waals surface area contributed by atoms with Crippen molar-refractivity contribution in [2.24, 2.45) is 5.73 Å². The first-order valence-corrected chi connectivity index (χ1v) is 6.30. The number of aromatic nitrogens is 2. The molecule has 1 aromatic heterocycles. The standard InChI is InChI=1S/C12H21N5O/c1-10-14-11(16(2)4-3-13)9-12(15-10)17-5-7-18-8-6-17/h9H,3-8,13H2,1-2H3. The maximum atomic E-state index is 5.57. The fourth-order valence-corrected chi connectivity index (χ4v) is 1.99. The highest BCUT2D eigenvalue weighted by molar-refractivity contribution is 5.50. The van der Waals surface area contributed by atoms with Crippen LogP contribution < -0.4 is 15.5 Å². The van der Waals surface area contributed by atoms with Gasteiger partial charge in [-0.25, -0.2) is 9.97 Å². The maximum Gasteiger partial charge on any atom is 0.134 e. The van der Waals surface area contributed by atoms with E-state index in [1.807, 2.05) is 20.0 Å². The Morgan fingerprint density at radius 3 is 2.78 bits per heavy atom. The first kappa shape index (κ1) is 13.0. The zero-order chi connectivity index (χ0) is 13.0. The van der Waals surface area contributed by atoms with Crippen molar-refractivity contribution < 1.29 is 4.74 Å². The topological polar surface area (TPSA) is 67.5 Å². The Morgan fingerprint density at radius 2 is 2.11 bits per heavy atom. The largest absolute Gasteiger partial charge is 0.378 e. The fraction of sp³-hybridized carbons (Fsp3) is 0.667. The molecular weight excluding hydrogens is 230 g/mol. The number of hydrogen-bond donors (Lipinski definition) is 1. The van der Waals surface area contributed by atoms with Crippen LogP contribution in [0.25, 0.3) is 0 Å². The van der Waals surface area contributed by atoms with Gasteiger partial charge in [-0.3, -0.25) is 0 Å². The van der Waals surface area contributed by atoms with E-state index in [4.69, 9.17) is 10.5 Å². The lowest BCUT2D eigenvalue weighted by Gasteiger charge is -2.29. The third-order valence-electron chi connectivity index (χ3n) is 3.00. The monoisotopic (exact) mass is 251 g/mol. The highest BCUT2D eigenvalue weighted by atomic mass is 16.5. The second kappa shape index (κ2) is 5.97. The van der Waals surface area contributed by atoms with Crippen LogP contribution in [0.5, 0.6) is 0 Å². The molecule has 1 aliphatic rings. The number of hydrogen-bond acceptors (Lipinski definition) is 6. The van der Waals surface area contributed by atoms with Crippen LogP contribution in [-0.2, 0) is 4.74 Å². The average Bonchev–Trinajstić information content (AvgIpc) is 2.39. The van der Waals surface area contributed by atoms with Crippen molar-refractivity contribution in [2.45, 2.75) is 6.92 Å². The molecule has 1 saturated heterocycles. The highest BCUT2D eigenvalue weighted by Crippen LogP contribution is 2.19. The summed E-state index contributed by atoms with van der Waals surface area (Å²) in [6, 6.07) is 2.02. The van der Waals surface area contributed by atoms with Gasteiger partial charge in [0.25, 0.3) is 0 Å². The number of ether oxygens (including phenoxy) is 1. The van der Waals surface area contributed by atoms with Gasteiger partial charge in [0.2, 0.25) is 0 Å². The van der Waals surface area contributed by atoms with Gasteiger partial charge in [0.1, 0.15) is 17.5 Å². The molecule has 18 heavy (non-hydrogen) atoms. The summed E-state index contributed by atoms with van der Waals surface area (Å²) >= 11 is 0. The molecule has 2 N–H and O–H groups in total. The maximum absolute atomic E-state index is 5.57. The van der Waals surface area contributed by atoms with Crippen molar-refractivity contribution in [3.05, 3.63) is 11.9 Å². The highest BCUT2D eigenvalue weighted by Gasteiger charge is 2.15. The zero-order valence-electron chi connectivity index (χ0n) is 11.1. The second-order valence-corrected chi connectivity index (χ2v) is 4.44. The number of rotatable bonds is 4. The van der Waals surface area contributed by atoms with Gasteiger partial charge in [0.05, 0.1) is 13.2 Å². The summed E-state index contributed by atoms with van der Waals surface area (Å²) in [5, 5.41) is 0. The Bertz CT molecular complexity index is 392. The summed E-state index contributed by atoms with van der Waals surface area (Å²) < 4.78 is 5.36. The normalized spacial score (nSPS) is 15.8. The van der Waals surface area contributed by atoms with Crippen molar-refractivity contribution >= 4 is 11.6 Å². The molecule has 6 heteroatoms. The summed E-state index contributed by atoms with van der Waals surface area (Å²) in [5.41, 5.74) is 5.57. The average molecular weight is 251 g/mol. The van der Waals surface area contributed by atoms with Crippen molar-refractivity contribution in [3.63, 3.8) is 0 Å². The van der Waals surface area contributed by atoms with Gasteiger partial charge in [-0.15, -0.1) is 0 Å². The fourth-order valence-electron chi connectivity index (χ4n) is 1.99. The Balaban J connectivity index is 2.19. The lowest BCUT2D eigenvalue weighted by Crippen LogP contribution is -2.37. The molecule has 1 fully saturated rings.